The van der Waals surface area contributed by atoms with Gasteiger partial charge in [0.15, 0.2) is 68.0 Å². The summed E-state index contributed by atoms with van der Waals surface area (Å²) in [6, 6.07) is 137. The number of aromatic nitrogens is 10. The maximum atomic E-state index is 9.54. The molecule has 0 radical (unpaired) electrons. The Hall–Kier alpha value is -16.2. The van der Waals surface area contributed by atoms with Crippen molar-refractivity contribution in [2.45, 2.75) is 150 Å². The minimum absolute atomic E-state index is 0.156. The van der Waals surface area contributed by atoms with Crippen LogP contribution in [-0.4, -0.2) is 22.8 Å². The van der Waals surface area contributed by atoms with E-state index in [0.717, 1.165) is 86.7 Å². The highest BCUT2D eigenvalue weighted by Gasteiger charge is 2.54. The molecule has 708 valence electrons. The molecule has 10 heterocycles. The molecule has 0 saturated heterocycles. The number of rotatable bonds is 16. The molecule has 2 aliphatic carbocycles. The van der Waals surface area contributed by atoms with Crippen LogP contribution in [0.3, 0.4) is 0 Å². The molecule has 144 heavy (non-hydrogen) atoms. The molecule has 5 aromatic heterocycles. The Bertz CT molecular complexity index is 8270. The Kier molecular flexibility index (Phi) is 24.5. The number of imidazole rings is 5. The highest BCUT2D eigenvalue weighted by Crippen LogP contribution is 2.49. The number of allylic oxidation sites excluding steroid dienone is 5. The van der Waals surface area contributed by atoms with Crippen molar-refractivity contribution in [3.8, 4) is 85.4 Å². The Balaban J connectivity index is 0.000000105. The van der Waals surface area contributed by atoms with Gasteiger partial charge in [-0.3, -0.25) is 0 Å². The van der Waals surface area contributed by atoms with Crippen LogP contribution in [0.15, 0.2) is 425 Å². The Morgan fingerprint density at radius 2 is 0.576 bits per heavy atom. The van der Waals surface area contributed by atoms with Gasteiger partial charge in [-0.1, -0.05) is 329 Å². The van der Waals surface area contributed by atoms with E-state index in [1.54, 1.807) is 10.6 Å². The predicted octanol–water partition coefficient (Wildman–Crippen LogP) is 29.4. The van der Waals surface area contributed by atoms with E-state index in [2.05, 4.69) is 468 Å². The van der Waals surface area contributed by atoms with E-state index in [4.69, 9.17) is 2.74 Å². The lowest BCUT2D eigenvalue weighted by Crippen LogP contribution is -2.59. The van der Waals surface area contributed by atoms with E-state index in [1.807, 2.05) is 91.0 Å². The second kappa shape index (κ2) is 40.1. The minimum Gasteiger partial charge on any atom is -0.219 e. The fourth-order valence-electron chi connectivity index (χ4n) is 23.8. The summed E-state index contributed by atoms with van der Waals surface area (Å²) in [5.41, 5.74) is 33.7. The number of hydrogen-bond acceptors (Lipinski definition) is 0. The van der Waals surface area contributed by atoms with Gasteiger partial charge in [-0.15, -0.1) is 0 Å². The van der Waals surface area contributed by atoms with E-state index in [-0.39, 0.29) is 5.54 Å². The fourth-order valence-corrected chi connectivity index (χ4v) is 23.8. The van der Waals surface area contributed by atoms with Crippen molar-refractivity contribution < 1.29 is 28.3 Å². The molecular formula is C134H127N10+5. The summed E-state index contributed by atoms with van der Waals surface area (Å²) in [6.45, 7) is 20.2. The molecule has 10 heteroatoms. The highest BCUT2D eigenvalue weighted by atomic mass is 15.3. The van der Waals surface area contributed by atoms with Crippen LogP contribution in [0, 0.1) is 81.1 Å². The van der Waals surface area contributed by atoms with Crippen LogP contribution in [-0.2, 0) is 17.6 Å². The van der Waals surface area contributed by atoms with Crippen LogP contribution in [0.4, 0.5) is 0 Å². The predicted molar refractivity (Wildman–Crippen MR) is 590 cm³/mol. The van der Waals surface area contributed by atoms with Gasteiger partial charge in [0.25, 0.3) is 29.1 Å². The number of aryl methyl sites for hydroxylation is 5. The maximum Gasteiger partial charge on any atom is 0.296 e. The third-order valence-corrected chi connectivity index (χ3v) is 30.7. The molecule has 19 aromatic rings. The Morgan fingerprint density at radius 1 is 0.271 bits per heavy atom. The zero-order valence-corrected chi connectivity index (χ0v) is 84.1. The molecule has 26 rings (SSSR count). The molecule has 0 spiro atoms. The standard InChI is InChI=1S/C32H27N2.C31H31N2.C26H23N2.C25H27N2.C20H19N2/c1-24-14-12-13-21-29(24)33-25(2)30-22-23-32(27-17-8-4-9-18-27,28-19-10-5-11-20-28)34(30)31(33)26-15-6-3-7-16-26;1-23-13-9-12-20-28(23)32-24(2)29-21-22-31(27-18-10-11-19-27,26-16-7-4-8-17-26)33(29)30(32)25-14-5-3-6-15-25;1-19-11-9-10-16-23(19)27-20(2)24-17-18-25(21-12-5-3-6-13-21)28(24)26(27)22-14-7-4-8-15-22;1-18-10-6-9-15-22(18)26-19(2)23-16-17-24(20-11-7-8-12-20)27(23)25(26)21-13-4-3-5-14-21;1-15-9-6-7-12-18(15)22-16(2)19-13-8-14-21(19)20(22)17-10-4-3-5-11-17/h3-23H,1-2H3;3-9,12-17,20-22,27H,10-11,18-19H2,1-2H3;3-18,25H,1-2H3;3-6,9-10,13-17,20,24H,7-8,11-12H2,1-2H3;3-13H,14H2,1-2H3/q5*+1/i;;25D;24D;14D2. The average Bonchev–Trinajstić information content (AvgIpc) is 1.54. The Morgan fingerprint density at radius 3 is 1.00 bits per heavy atom. The average molecular weight is 1880 g/mol. The molecule has 14 aromatic carbocycles. The number of nitrogens with zero attached hydrogens (tertiary/aromatic N) is 10. The van der Waals surface area contributed by atoms with Crippen molar-refractivity contribution in [2.24, 2.45) is 11.8 Å². The van der Waals surface area contributed by atoms with Gasteiger partial charge in [0.1, 0.15) is 47.0 Å². The summed E-state index contributed by atoms with van der Waals surface area (Å²) in [5.74, 6) is 6.44. The van der Waals surface area contributed by atoms with Crippen molar-refractivity contribution >= 4 is 30.4 Å². The van der Waals surface area contributed by atoms with Gasteiger partial charge in [0.2, 0.25) is 0 Å². The van der Waals surface area contributed by atoms with Gasteiger partial charge >= 0.3 is 0 Å². The molecule has 2 saturated carbocycles. The van der Waals surface area contributed by atoms with Crippen LogP contribution in [0.5, 0.6) is 0 Å². The fraction of sp³-hybridized carbons (Fsp3) is 0.187. The van der Waals surface area contributed by atoms with Crippen LogP contribution >= 0.6 is 0 Å². The SMILES string of the molecule is Cc1ccccc1-n1c(C)c2[n+](c1-c1ccccc1)C(c1ccccc1)(C1CCCC1)C=C2.Cc1ccccc1-n1c(C)c2[n+](c1-c1ccccc1)C(c1ccccc1)(c1ccccc1)C=C2.[2H]C1(C2CCCC2)C=Cc2c(C)n(-c3ccccc3C)c(-c3ccccc3)[n+]21.[2H]C1([2H])C=Cc2c(C)n(-c3ccccc3C)c(-c3ccccc3)[n+]21.[2H]C1(c2ccccc2)C=Cc2c(C)n(-c3ccccc3C)c(-c3ccccc3)[n+]21. The summed E-state index contributed by atoms with van der Waals surface area (Å²) >= 11 is 0. The number of hydrogen-bond donors (Lipinski definition) is 0. The molecule has 0 bridgehead atoms. The van der Waals surface area contributed by atoms with Crippen LogP contribution < -0.4 is 22.8 Å². The van der Waals surface area contributed by atoms with Gasteiger partial charge in [-0.05, 0) is 240 Å². The second-order valence-electron chi connectivity index (χ2n) is 39.2. The van der Waals surface area contributed by atoms with Gasteiger partial charge in [0.05, 0.1) is 33.3 Å². The molecule has 0 N–H and O–H groups in total. The molecule has 7 aliphatic rings. The number of fused-ring (bicyclic) bond motifs is 5. The summed E-state index contributed by atoms with van der Waals surface area (Å²) < 4.78 is 59.1. The van der Waals surface area contributed by atoms with Gasteiger partial charge in [0, 0.05) is 68.7 Å². The second-order valence-corrected chi connectivity index (χ2v) is 39.2. The lowest BCUT2D eigenvalue weighted by Gasteiger charge is -2.33. The zero-order valence-electron chi connectivity index (χ0n) is 88.1. The summed E-state index contributed by atoms with van der Waals surface area (Å²) in [4.78, 5) is 0. The molecule has 3 atom stereocenters. The summed E-state index contributed by atoms with van der Waals surface area (Å²) in [6.07, 6.45) is 31.5. The van der Waals surface area contributed by atoms with E-state index in [1.165, 1.54) is 157 Å². The molecule has 5 aliphatic heterocycles. The van der Waals surface area contributed by atoms with E-state index in [0.29, 0.717) is 11.8 Å². The lowest BCUT2D eigenvalue weighted by atomic mass is 9.77. The molecule has 10 nitrogen and oxygen atoms in total. The monoisotopic (exact) mass is 1880 g/mol. The van der Waals surface area contributed by atoms with Crippen molar-refractivity contribution in [1.29, 1.82) is 0 Å². The van der Waals surface area contributed by atoms with Crippen LogP contribution in [0.25, 0.3) is 116 Å². The zero-order chi connectivity index (χ0) is 102. The summed E-state index contributed by atoms with van der Waals surface area (Å²) in [7, 11) is 0. The van der Waals surface area contributed by atoms with Gasteiger partial charge in [-0.25, -0.2) is 22.8 Å². The molecule has 2 fully saturated rings. The first-order valence-corrected chi connectivity index (χ1v) is 51.3. The molecular weight excluding hydrogens is 1750 g/mol. The lowest BCUT2D eigenvalue weighted by molar-refractivity contribution is -0.736. The highest BCUT2D eigenvalue weighted by molar-refractivity contribution is 5.71. The number of para-hydroxylation sites is 5. The number of benzene rings is 14. The Labute approximate surface area is 855 Å². The van der Waals surface area contributed by atoms with E-state index in [9.17, 15) is 2.74 Å². The first kappa shape index (κ1) is 88.0. The quantitative estimate of drug-likeness (QED) is 0.0866. The van der Waals surface area contributed by atoms with Crippen molar-refractivity contribution in [3.05, 3.63) is 532 Å². The van der Waals surface area contributed by atoms with Crippen molar-refractivity contribution in [2.75, 3.05) is 0 Å². The van der Waals surface area contributed by atoms with Crippen molar-refractivity contribution in [1.82, 2.24) is 22.8 Å². The molecule has 3 unspecified atom stereocenters. The van der Waals surface area contributed by atoms with Gasteiger partial charge < -0.3 is 0 Å². The first-order chi connectivity index (χ1) is 72.2. The third-order valence-electron chi connectivity index (χ3n) is 30.7. The van der Waals surface area contributed by atoms with Gasteiger partial charge in [-0.2, -0.15) is 22.8 Å². The molecule has 0 amide bonds. The third kappa shape index (κ3) is 16.5. The smallest absolute Gasteiger partial charge is 0.219 e. The summed E-state index contributed by atoms with van der Waals surface area (Å²) in [5, 5.41) is 0. The first-order valence-electron chi connectivity index (χ1n) is 53.3. The van der Waals surface area contributed by atoms with Crippen molar-refractivity contribution in [3.63, 3.8) is 0 Å². The van der Waals surface area contributed by atoms with Crippen LogP contribution in [0.1, 0.15) is 176 Å². The maximum absolute atomic E-state index is 9.54. The normalized spacial score (nSPS) is 18.0. The largest absolute Gasteiger partial charge is 0.296 e. The van der Waals surface area contributed by atoms with E-state index < -0.39 is 24.1 Å². The topological polar surface area (TPSA) is 44.0 Å². The minimum atomic E-state index is -1.53. The van der Waals surface area contributed by atoms with E-state index >= 15 is 0 Å². The van der Waals surface area contributed by atoms with Crippen LogP contribution in [0.2, 0.25) is 0 Å².